The van der Waals surface area contributed by atoms with Crippen LogP contribution in [0.1, 0.15) is 11.1 Å². The molecule has 1 aromatic heterocycles. The molecule has 0 fully saturated rings. The maximum atomic E-state index is 13.2. The molecule has 2 aromatic carbocycles. The molecule has 0 radical (unpaired) electrons. The second-order valence-corrected chi connectivity index (χ2v) is 7.39. The fourth-order valence-corrected chi connectivity index (χ4v) is 3.60. The lowest BCUT2D eigenvalue weighted by molar-refractivity contribution is -0.137. The summed E-state index contributed by atoms with van der Waals surface area (Å²) >= 11 is 0. The highest BCUT2D eigenvalue weighted by molar-refractivity contribution is 7.91. The number of hydrogen-bond donors (Lipinski definition) is 1. The molecule has 2 N–H and O–H groups in total. The van der Waals surface area contributed by atoms with Gasteiger partial charge < -0.3 is 5.73 Å². The van der Waals surface area contributed by atoms with Crippen molar-refractivity contribution in [3.8, 4) is 5.69 Å². The Labute approximate surface area is 147 Å². The molecule has 0 aliphatic carbocycles. The number of nitrogens with two attached hydrogens (primary N) is 1. The van der Waals surface area contributed by atoms with Gasteiger partial charge >= 0.3 is 6.18 Å². The van der Waals surface area contributed by atoms with Crippen molar-refractivity contribution >= 4 is 15.7 Å². The van der Waals surface area contributed by atoms with Gasteiger partial charge in [-0.25, -0.2) is 8.42 Å². The van der Waals surface area contributed by atoms with Crippen molar-refractivity contribution in [1.29, 1.82) is 0 Å². The maximum absolute atomic E-state index is 13.2. The Hall–Kier alpha value is -2.88. The van der Waals surface area contributed by atoms with Crippen LogP contribution in [0.5, 0.6) is 0 Å². The Morgan fingerprint density at radius 2 is 1.65 bits per heavy atom. The zero-order valence-electron chi connectivity index (χ0n) is 13.4. The summed E-state index contributed by atoms with van der Waals surface area (Å²) in [6.45, 7) is 1.79. The smallest absolute Gasteiger partial charge is 0.381 e. The van der Waals surface area contributed by atoms with Gasteiger partial charge in [-0.15, -0.1) is 5.10 Å². The van der Waals surface area contributed by atoms with Crippen molar-refractivity contribution in [1.82, 2.24) is 15.0 Å². The predicted molar refractivity (Wildman–Crippen MR) is 87.4 cm³/mol. The second kappa shape index (κ2) is 6.13. The average molecular weight is 382 g/mol. The summed E-state index contributed by atoms with van der Waals surface area (Å²) in [6, 6.07) is 10.5. The third kappa shape index (κ3) is 3.03. The molecule has 0 saturated carbocycles. The number of sulfone groups is 1. The average Bonchev–Trinajstić information content (AvgIpc) is 2.96. The van der Waals surface area contributed by atoms with E-state index in [0.29, 0.717) is 4.68 Å². The molecule has 0 atom stereocenters. The third-order valence-electron chi connectivity index (χ3n) is 3.70. The van der Waals surface area contributed by atoms with Gasteiger partial charge in [-0.3, -0.25) is 0 Å². The highest BCUT2D eigenvalue weighted by atomic mass is 32.2. The molecule has 1 heterocycles. The second-order valence-electron chi connectivity index (χ2n) is 5.52. The molecule has 10 heteroatoms. The number of benzene rings is 2. The molecule has 136 valence electrons. The van der Waals surface area contributed by atoms with Gasteiger partial charge in [0.1, 0.15) is 0 Å². The summed E-state index contributed by atoms with van der Waals surface area (Å²) in [5.74, 6) is -0.498. The van der Waals surface area contributed by atoms with Gasteiger partial charge in [0.25, 0.3) is 0 Å². The van der Waals surface area contributed by atoms with E-state index in [9.17, 15) is 21.6 Å². The highest BCUT2D eigenvalue weighted by Gasteiger charge is 2.35. The molecule has 3 aromatic rings. The first-order valence-electron chi connectivity index (χ1n) is 7.32. The Morgan fingerprint density at radius 3 is 2.27 bits per heavy atom. The molecular formula is C16H13F3N4O2S. The van der Waals surface area contributed by atoms with Crippen LogP contribution in [-0.4, -0.2) is 23.4 Å². The molecule has 3 rings (SSSR count). The van der Waals surface area contributed by atoms with E-state index < -0.39 is 38.1 Å². The minimum atomic E-state index is -4.66. The van der Waals surface area contributed by atoms with Crippen molar-refractivity contribution in [2.24, 2.45) is 0 Å². The molecule has 0 bridgehead atoms. The Kier molecular flexibility index (Phi) is 4.23. The van der Waals surface area contributed by atoms with Crippen molar-refractivity contribution in [3.63, 3.8) is 0 Å². The molecule has 6 nitrogen and oxygen atoms in total. The van der Waals surface area contributed by atoms with Gasteiger partial charge in [-0.1, -0.05) is 35.0 Å². The van der Waals surface area contributed by atoms with E-state index in [1.807, 2.05) is 0 Å². The van der Waals surface area contributed by atoms with E-state index in [1.165, 1.54) is 24.3 Å². The largest absolute Gasteiger partial charge is 0.418 e. The predicted octanol–water partition coefficient (Wildman–Crippen LogP) is 3.01. The number of nitrogens with zero attached hydrogens (tertiary/aromatic N) is 3. The van der Waals surface area contributed by atoms with Crippen LogP contribution in [0.25, 0.3) is 5.69 Å². The zero-order valence-corrected chi connectivity index (χ0v) is 14.2. The number of alkyl halides is 3. The lowest BCUT2D eigenvalue weighted by Gasteiger charge is -2.12. The molecular weight excluding hydrogens is 369 g/mol. The Balaban J connectivity index is 2.15. The summed E-state index contributed by atoms with van der Waals surface area (Å²) in [5.41, 5.74) is 5.23. The number of para-hydroxylation sites is 1. The number of halogens is 3. The molecule has 0 amide bonds. The lowest BCUT2D eigenvalue weighted by atomic mass is 10.1. The van der Waals surface area contributed by atoms with Crippen LogP contribution in [0.2, 0.25) is 0 Å². The van der Waals surface area contributed by atoms with Gasteiger partial charge in [0.15, 0.2) is 5.82 Å². The van der Waals surface area contributed by atoms with Crippen molar-refractivity contribution < 1.29 is 21.6 Å². The number of aryl methyl sites for hydroxylation is 1. The van der Waals surface area contributed by atoms with E-state index >= 15 is 0 Å². The van der Waals surface area contributed by atoms with Crippen LogP contribution in [0.15, 0.2) is 58.5 Å². The Morgan fingerprint density at radius 1 is 1.04 bits per heavy atom. The van der Waals surface area contributed by atoms with Gasteiger partial charge in [0.2, 0.25) is 14.9 Å². The first-order chi connectivity index (χ1) is 12.1. The highest BCUT2D eigenvalue weighted by Crippen LogP contribution is 2.35. The van der Waals surface area contributed by atoms with Crippen LogP contribution >= 0.6 is 0 Å². The molecule has 0 aliphatic rings. The van der Waals surface area contributed by atoms with Gasteiger partial charge in [0, 0.05) is 0 Å². The minimum absolute atomic E-state index is 0.0778. The minimum Gasteiger partial charge on any atom is -0.381 e. The fourth-order valence-electron chi connectivity index (χ4n) is 2.37. The van der Waals surface area contributed by atoms with Crippen LogP contribution in [-0.2, 0) is 16.0 Å². The number of nitrogen functional groups attached to an aromatic ring is 1. The first-order valence-corrected chi connectivity index (χ1v) is 8.80. The zero-order chi connectivity index (χ0) is 19.1. The SMILES string of the molecule is Cc1ccc(S(=O)(=O)c2nnn(-c3ccccc3C(F)(F)F)c2N)cc1. The Bertz CT molecular complexity index is 1060. The van der Waals surface area contributed by atoms with Crippen LogP contribution < -0.4 is 5.73 Å². The lowest BCUT2D eigenvalue weighted by Crippen LogP contribution is -2.13. The van der Waals surface area contributed by atoms with E-state index in [4.69, 9.17) is 5.73 Å². The molecule has 0 saturated heterocycles. The number of rotatable bonds is 3. The van der Waals surface area contributed by atoms with Crippen LogP contribution in [0.3, 0.4) is 0 Å². The summed E-state index contributed by atoms with van der Waals surface area (Å²) < 4.78 is 65.6. The number of aromatic nitrogens is 3. The molecule has 26 heavy (non-hydrogen) atoms. The van der Waals surface area contributed by atoms with Crippen molar-refractivity contribution in [3.05, 3.63) is 59.7 Å². The number of hydrogen-bond acceptors (Lipinski definition) is 5. The first kappa shape index (κ1) is 17.9. The van der Waals surface area contributed by atoms with E-state index in [1.54, 1.807) is 19.1 Å². The topological polar surface area (TPSA) is 90.9 Å². The quantitative estimate of drug-likeness (QED) is 0.752. The summed E-state index contributed by atoms with van der Waals surface area (Å²) in [7, 11) is -4.12. The summed E-state index contributed by atoms with van der Waals surface area (Å²) in [6.07, 6.45) is -4.66. The van der Waals surface area contributed by atoms with Gasteiger partial charge in [-0.2, -0.15) is 17.9 Å². The normalized spacial score (nSPS) is 12.3. The summed E-state index contributed by atoms with van der Waals surface area (Å²) in [5, 5.41) is 6.45. The monoisotopic (exact) mass is 382 g/mol. The van der Waals surface area contributed by atoms with Gasteiger partial charge in [-0.05, 0) is 31.2 Å². The van der Waals surface area contributed by atoms with Crippen LogP contribution in [0.4, 0.5) is 19.0 Å². The summed E-state index contributed by atoms with van der Waals surface area (Å²) in [4.78, 5) is -0.0778. The van der Waals surface area contributed by atoms with E-state index in [2.05, 4.69) is 10.3 Å². The standard InChI is InChI=1S/C16H13F3N4O2S/c1-10-6-8-11(9-7-10)26(24,25)15-14(20)23(22-21-15)13-5-3-2-4-12(13)16(17,18)19/h2-9H,20H2,1H3. The molecule has 0 spiro atoms. The maximum Gasteiger partial charge on any atom is 0.418 e. The third-order valence-corrected chi connectivity index (χ3v) is 5.39. The van der Waals surface area contributed by atoms with E-state index in [-0.39, 0.29) is 4.90 Å². The molecule has 0 aliphatic heterocycles. The van der Waals surface area contributed by atoms with Crippen molar-refractivity contribution in [2.45, 2.75) is 23.0 Å². The van der Waals surface area contributed by atoms with Crippen LogP contribution in [0, 0.1) is 6.92 Å². The van der Waals surface area contributed by atoms with Crippen molar-refractivity contribution in [2.75, 3.05) is 5.73 Å². The molecule has 0 unspecified atom stereocenters. The number of anilines is 1. The van der Waals surface area contributed by atoms with Gasteiger partial charge in [0.05, 0.1) is 16.1 Å². The fraction of sp³-hybridized carbons (Fsp3) is 0.125. The van der Waals surface area contributed by atoms with E-state index in [0.717, 1.165) is 17.7 Å².